The summed E-state index contributed by atoms with van der Waals surface area (Å²) in [6.07, 6.45) is 1.73. The minimum absolute atomic E-state index is 0.119. The molecule has 0 aliphatic carbocycles. The number of nitrogens with one attached hydrogen (secondary N) is 1. The van der Waals surface area contributed by atoms with Gasteiger partial charge >= 0.3 is 0 Å². The second kappa shape index (κ2) is 5.66. The predicted octanol–water partition coefficient (Wildman–Crippen LogP) is 4.01. The lowest BCUT2D eigenvalue weighted by atomic mass is 10.2. The molecule has 0 bridgehead atoms. The van der Waals surface area contributed by atoms with Gasteiger partial charge in [-0.25, -0.2) is 23.1 Å². The van der Waals surface area contributed by atoms with Crippen LogP contribution in [0.25, 0.3) is 0 Å². The molecule has 0 aliphatic rings. The van der Waals surface area contributed by atoms with Crippen LogP contribution in [0.1, 0.15) is 0 Å². The summed E-state index contributed by atoms with van der Waals surface area (Å²) in [7, 11) is 0. The third-order valence-electron chi connectivity index (χ3n) is 2.12. The molecule has 0 saturated carbocycles. The normalized spacial score (nSPS) is 10.6. The molecule has 0 unspecified atom stereocenters. The first-order valence-corrected chi connectivity index (χ1v) is 6.60. The standard InChI is InChI=1S/C11H7ClF3N3S/c1-19-11-16-8(12)4-9(18-11)17-10-6(14)2-5(13)3-7(10)15/h2-4H,1H3,(H,16,17,18). The molecule has 0 aliphatic heterocycles. The van der Waals surface area contributed by atoms with Crippen molar-refractivity contribution in [3.63, 3.8) is 0 Å². The minimum atomic E-state index is -1.06. The van der Waals surface area contributed by atoms with Gasteiger partial charge < -0.3 is 5.32 Å². The third kappa shape index (κ3) is 3.30. The molecule has 1 heterocycles. The van der Waals surface area contributed by atoms with Crippen molar-refractivity contribution in [2.45, 2.75) is 5.16 Å². The van der Waals surface area contributed by atoms with Crippen LogP contribution in [0.3, 0.4) is 0 Å². The van der Waals surface area contributed by atoms with Crippen LogP contribution in [0.5, 0.6) is 0 Å². The van der Waals surface area contributed by atoms with Crippen LogP contribution in [-0.4, -0.2) is 16.2 Å². The third-order valence-corrected chi connectivity index (χ3v) is 2.86. The Hall–Kier alpha value is -1.47. The molecule has 3 nitrogen and oxygen atoms in total. The van der Waals surface area contributed by atoms with E-state index in [1.54, 1.807) is 6.26 Å². The molecule has 1 aromatic carbocycles. The SMILES string of the molecule is CSc1nc(Cl)cc(Nc2c(F)cc(F)cc2F)n1. The first-order chi connectivity index (χ1) is 8.99. The van der Waals surface area contributed by atoms with E-state index in [-0.39, 0.29) is 11.0 Å². The van der Waals surface area contributed by atoms with E-state index in [0.29, 0.717) is 17.3 Å². The van der Waals surface area contributed by atoms with Gasteiger partial charge in [0, 0.05) is 18.2 Å². The Kier molecular flexibility index (Phi) is 4.16. The van der Waals surface area contributed by atoms with E-state index in [9.17, 15) is 13.2 Å². The van der Waals surface area contributed by atoms with Crippen molar-refractivity contribution in [1.29, 1.82) is 0 Å². The first-order valence-electron chi connectivity index (χ1n) is 4.99. The number of halogens is 4. The van der Waals surface area contributed by atoms with Crippen LogP contribution in [0.2, 0.25) is 5.15 Å². The Bertz CT molecular complexity index is 601. The van der Waals surface area contributed by atoms with Crippen LogP contribution in [-0.2, 0) is 0 Å². The highest BCUT2D eigenvalue weighted by Crippen LogP contribution is 2.25. The summed E-state index contributed by atoms with van der Waals surface area (Å²) in [5, 5.41) is 2.89. The topological polar surface area (TPSA) is 37.8 Å². The van der Waals surface area contributed by atoms with Gasteiger partial charge in [-0.15, -0.1) is 0 Å². The molecular formula is C11H7ClF3N3S. The summed E-state index contributed by atoms with van der Waals surface area (Å²) in [5.41, 5.74) is -0.497. The van der Waals surface area contributed by atoms with Gasteiger partial charge in [0.1, 0.15) is 22.5 Å². The molecule has 0 radical (unpaired) electrons. The summed E-state index contributed by atoms with van der Waals surface area (Å²) in [4.78, 5) is 7.86. The number of aromatic nitrogens is 2. The highest BCUT2D eigenvalue weighted by molar-refractivity contribution is 7.98. The minimum Gasteiger partial charge on any atom is -0.335 e. The van der Waals surface area contributed by atoms with E-state index < -0.39 is 23.1 Å². The van der Waals surface area contributed by atoms with Crippen molar-refractivity contribution in [2.24, 2.45) is 0 Å². The first kappa shape index (κ1) is 14.0. The van der Waals surface area contributed by atoms with Crippen LogP contribution in [0.4, 0.5) is 24.7 Å². The van der Waals surface area contributed by atoms with Gasteiger partial charge in [0.15, 0.2) is 16.8 Å². The number of benzene rings is 1. The van der Waals surface area contributed by atoms with Gasteiger partial charge in [0.25, 0.3) is 0 Å². The molecule has 0 amide bonds. The molecule has 0 atom stereocenters. The van der Waals surface area contributed by atoms with E-state index in [2.05, 4.69) is 15.3 Å². The van der Waals surface area contributed by atoms with Crippen molar-refractivity contribution >= 4 is 34.9 Å². The van der Waals surface area contributed by atoms with Crippen LogP contribution < -0.4 is 5.32 Å². The molecular weight excluding hydrogens is 299 g/mol. The van der Waals surface area contributed by atoms with Gasteiger partial charge in [-0.2, -0.15) is 0 Å². The highest BCUT2D eigenvalue weighted by Gasteiger charge is 2.13. The Morgan fingerprint density at radius 3 is 2.32 bits per heavy atom. The largest absolute Gasteiger partial charge is 0.335 e. The number of hydrogen-bond donors (Lipinski definition) is 1. The van der Waals surface area contributed by atoms with E-state index in [1.165, 1.54) is 17.8 Å². The Balaban J connectivity index is 2.39. The lowest BCUT2D eigenvalue weighted by molar-refractivity contribution is 0.548. The molecule has 19 heavy (non-hydrogen) atoms. The molecule has 2 aromatic rings. The fraction of sp³-hybridized carbons (Fsp3) is 0.0909. The average molecular weight is 306 g/mol. The Labute approximate surface area is 116 Å². The Morgan fingerprint density at radius 1 is 1.11 bits per heavy atom. The summed E-state index contributed by atoms with van der Waals surface area (Å²) >= 11 is 6.97. The number of nitrogens with zero attached hydrogens (tertiary/aromatic N) is 2. The molecule has 100 valence electrons. The van der Waals surface area contributed by atoms with Gasteiger partial charge in [-0.1, -0.05) is 23.4 Å². The molecule has 2 rings (SSSR count). The molecule has 8 heteroatoms. The fourth-order valence-electron chi connectivity index (χ4n) is 1.34. The maximum atomic E-state index is 13.5. The molecule has 0 saturated heterocycles. The van der Waals surface area contributed by atoms with E-state index >= 15 is 0 Å². The van der Waals surface area contributed by atoms with Crippen molar-refractivity contribution in [1.82, 2.24) is 9.97 Å². The number of anilines is 2. The molecule has 0 fully saturated rings. The molecule has 1 aromatic heterocycles. The van der Waals surface area contributed by atoms with Gasteiger partial charge in [-0.3, -0.25) is 0 Å². The zero-order valence-corrected chi connectivity index (χ0v) is 11.1. The summed E-state index contributed by atoms with van der Waals surface area (Å²) in [6, 6.07) is 2.46. The fourth-order valence-corrected chi connectivity index (χ4v) is 1.95. The molecule has 1 N–H and O–H groups in total. The summed E-state index contributed by atoms with van der Waals surface area (Å²) < 4.78 is 39.7. The van der Waals surface area contributed by atoms with Gasteiger partial charge in [-0.05, 0) is 6.26 Å². The quantitative estimate of drug-likeness (QED) is 0.528. The molecule has 0 spiro atoms. The van der Waals surface area contributed by atoms with Crippen LogP contribution in [0.15, 0.2) is 23.4 Å². The number of thioether (sulfide) groups is 1. The van der Waals surface area contributed by atoms with E-state index in [0.717, 1.165) is 0 Å². The predicted molar refractivity (Wildman–Crippen MR) is 68.4 cm³/mol. The van der Waals surface area contributed by atoms with E-state index in [4.69, 9.17) is 11.6 Å². The zero-order chi connectivity index (χ0) is 14.0. The number of rotatable bonds is 3. The van der Waals surface area contributed by atoms with Crippen molar-refractivity contribution in [3.05, 3.63) is 40.8 Å². The maximum absolute atomic E-state index is 13.5. The Morgan fingerprint density at radius 2 is 1.74 bits per heavy atom. The summed E-state index contributed by atoms with van der Waals surface area (Å²) in [6.45, 7) is 0. The second-order valence-electron chi connectivity index (χ2n) is 3.43. The van der Waals surface area contributed by atoms with Gasteiger partial charge in [0.05, 0.1) is 0 Å². The van der Waals surface area contributed by atoms with Gasteiger partial charge in [0.2, 0.25) is 0 Å². The number of hydrogen-bond acceptors (Lipinski definition) is 4. The second-order valence-corrected chi connectivity index (χ2v) is 4.59. The van der Waals surface area contributed by atoms with Crippen molar-refractivity contribution in [2.75, 3.05) is 11.6 Å². The lowest BCUT2D eigenvalue weighted by Crippen LogP contribution is -2.02. The van der Waals surface area contributed by atoms with Crippen molar-refractivity contribution in [3.8, 4) is 0 Å². The summed E-state index contributed by atoms with van der Waals surface area (Å²) in [5.74, 6) is -2.99. The highest BCUT2D eigenvalue weighted by atomic mass is 35.5. The maximum Gasteiger partial charge on any atom is 0.190 e. The monoisotopic (exact) mass is 305 g/mol. The van der Waals surface area contributed by atoms with Crippen LogP contribution in [0, 0.1) is 17.5 Å². The van der Waals surface area contributed by atoms with E-state index in [1.807, 2.05) is 0 Å². The zero-order valence-electron chi connectivity index (χ0n) is 9.55. The smallest absolute Gasteiger partial charge is 0.190 e. The van der Waals surface area contributed by atoms with Crippen molar-refractivity contribution < 1.29 is 13.2 Å². The lowest BCUT2D eigenvalue weighted by Gasteiger charge is -2.09. The van der Waals surface area contributed by atoms with Crippen LogP contribution >= 0.6 is 23.4 Å². The average Bonchev–Trinajstić information content (AvgIpc) is 2.33.